The molecule has 0 amide bonds. The lowest BCUT2D eigenvalue weighted by atomic mass is 9.97. The second-order valence-corrected chi connectivity index (χ2v) is 6.64. The number of carboxylic acids is 1. The predicted molar refractivity (Wildman–Crippen MR) is 96.2 cm³/mol. The van der Waals surface area contributed by atoms with Crippen molar-refractivity contribution in [2.24, 2.45) is 0 Å². The smallest absolute Gasteiger partial charge is 0.341 e. The number of ketones is 1. The Hall–Kier alpha value is -2.67. The Kier molecular flexibility index (Phi) is 5.08. The van der Waals surface area contributed by atoms with Crippen molar-refractivity contribution < 1.29 is 28.6 Å². The van der Waals surface area contributed by atoms with E-state index in [1.165, 1.54) is 12.1 Å². The molecule has 2 aromatic carbocycles. The third kappa shape index (κ3) is 3.77. The third-order valence-corrected chi connectivity index (χ3v) is 4.33. The number of carboxylic acid groups (broad SMARTS) is 1. The van der Waals surface area contributed by atoms with Gasteiger partial charge in [0.05, 0.1) is 10.0 Å². The average Bonchev–Trinajstić information content (AvgIpc) is 2.58. The van der Waals surface area contributed by atoms with Gasteiger partial charge in [-0.05, 0) is 64.3 Å². The number of aliphatic carboxylic acids is 1. The van der Waals surface area contributed by atoms with Crippen LogP contribution in [-0.4, -0.2) is 30.1 Å². The van der Waals surface area contributed by atoms with Gasteiger partial charge in [-0.1, -0.05) is 6.07 Å². The standard InChI is InChI=1S/C19H14BrFO5/c1-10-4-13-18(24)12(8-26-19(13)14(20)5-10)6-11-2-3-15(21)16(7-11)25-9-17(22)23/h2-7H,8-9H2,1H3,(H,22,23). The third-order valence-electron chi connectivity index (χ3n) is 3.74. The number of Topliss-reactive ketones (excluding diaryl/α,β-unsaturated/α-hetero) is 1. The van der Waals surface area contributed by atoms with Gasteiger partial charge in [-0.3, -0.25) is 4.79 Å². The Labute approximate surface area is 157 Å². The molecule has 134 valence electrons. The van der Waals surface area contributed by atoms with E-state index in [1.54, 1.807) is 12.1 Å². The topological polar surface area (TPSA) is 72.8 Å². The number of hydrogen-bond acceptors (Lipinski definition) is 4. The molecule has 5 nitrogen and oxygen atoms in total. The lowest BCUT2D eigenvalue weighted by molar-refractivity contribution is -0.139. The molecule has 0 bridgehead atoms. The summed E-state index contributed by atoms with van der Waals surface area (Å²) in [6.45, 7) is 1.30. The monoisotopic (exact) mass is 420 g/mol. The minimum absolute atomic E-state index is 0.0796. The first-order valence-corrected chi connectivity index (χ1v) is 8.47. The van der Waals surface area contributed by atoms with E-state index in [9.17, 15) is 14.0 Å². The van der Waals surface area contributed by atoms with Gasteiger partial charge in [0.2, 0.25) is 0 Å². The van der Waals surface area contributed by atoms with Crippen LogP contribution in [0.5, 0.6) is 11.5 Å². The molecule has 0 radical (unpaired) electrons. The zero-order valence-corrected chi connectivity index (χ0v) is 15.3. The van der Waals surface area contributed by atoms with Crippen molar-refractivity contribution in [1.82, 2.24) is 0 Å². The zero-order chi connectivity index (χ0) is 18.8. The maximum absolute atomic E-state index is 13.7. The maximum Gasteiger partial charge on any atom is 0.341 e. The van der Waals surface area contributed by atoms with E-state index in [-0.39, 0.29) is 18.1 Å². The lowest BCUT2D eigenvalue weighted by Gasteiger charge is -2.20. The Morgan fingerprint density at radius 1 is 1.38 bits per heavy atom. The molecule has 26 heavy (non-hydrogen) atoms. The van der Waals surface area contributed by atoms with Gasteiger partial charge in [0.25, 0.3) is 0 Å². The van der Waals surface area contributed by atoms with Crippen molar-refractivity contribution in [3.05, 3.63) is 62.9 Å². The number of carbonyl (C=O) groups excluding carboxylic acids is 1. The van der Waals surface area contributed by atoms with E-state index in [1.807, 2.05) is 13.0 Å². The number of ether oxygens (including phenoxy) is 2. The maximum atomic E-state index is 13.7. The van der Waals surface area contributed by atoms with E-state index in [2.05, 4.69) is 15.9 Å². The summed E-state index contributed by atoms with van der Waals surface area (Å²) in [7, 11) is 0. The predicted octanol–water partition coefficient (Wildman–Crippen LogP) is 4.02. The number of halogens is 2. The zero-order valence-electron chi connectivity index (χ0n) is 13.7. The van der Waals surface area contributed by atoms with Crippen LogP contribution in [0.25, 0.3) is 6.08 Å². The largest absolute Gasteiger partial charge is 0.487 e. The normalized spacial score (nSPS) is 14.7. The Morgan fingerprint density at radius 2 is 2.15 bits per heavy atom. The van der Waals surface area contributed by atoms with E-state index in [0.29, 0.717) is 26.9 Å². The summed E-state index contributed by atoms with van der Waals surface area (Å²) in [6, 6.07) is 7.60. The van der Waals surface area contributed by atoms with E-state index >= 15 is 0 Å². The van der Waals surface area contributed by atoms with Crippen LogP contribution >= 0.6 is 15.9 Å². The SMILES string of the molecule is Cc1cc(Br)c2c(c1)C(=O)C(=Cc1ccc(F)c(OCC(=O)O)c1)CO2. The van der Waals surface area contributed by atoms with Gasteiger partial charge in [0, 0.05) is 5.57 Å². The molecule has 1 aliphatic rings. The fourth-order valence-corrected chi connectivity index (χ4v) is 3.29. The molecule has 0 spiro atoms. The van der Waals surface area contributed by atoms with Gasteiger partial charge in [-0.15, -0.1) is 0 Å². The number of carbonyl (C=O) groups is 2. The highest BCUT2D eigenvalue weighted by atomic mass is 79.9. The highest BCUT2D eigenvalue weighted by Gasteiger charge is 2.25. The molecule has 0 unspecified atom stereocenters. The highest BCUT2D eigenvalue weighted by molar-refractivity contribution is 9.10. The van der Waals surface area contributed by atoms with Crippen molar-refractivity contribution in [2.45, 2.75) is 6.92 Å². The number of fused-ring (bicyclic) bond motifs is 1. The minimum atomic E-state index is -1.21. The number of hydrogen-bond donors (Lipinski definition) is 1. The molecular formula is C19H14BrFO5. The van der Waals surface area contributed by atoms with Gasteiger partial charge in [0.1, 0.15) is 12.4 Å². The van der Waals surface area contributed by atoms with E-state index in [0.717, 1.165) is 11.6 Å². The molecule has 1 heterocycles. The summed E-state index contributed by atoms with van der Waals surface area (Å²) in [6.07, 6.45) is 1.58. The summed E-state index contributed by atoms with van der Waals surface area (Å²) >= 11 is 3.39. The van der Waals surface area contributed by atoms with E-state index in [4.69, 9.17) is 14.6 Å². The molecule has 0 aliphatic carbocycles. The quantitative estimate of drug-likeness (QED) is 0.756. The second-order valence-electron chi connectivity index (χ2n) is 5.78. The Bertz CT molecular complexity index is 936. The molecule has 0 saturated carbocycles. The van der Waals surface area contributed by atoms with Crippen LogP contribution in [0.3, 0.4) is 0 Å². The molecule has 0 saturated heterocycles. The second kappa shape index (κ2) is 7.29. The summed E-state index contributed by atoms with van der Waals surface area (Å²) < 4.78 is 25.0. The fourth-order valence-electron chi connectivity index (χ4n) is 2.60. The number of benzene rings is 2. The summed E-state index contributed by atoms with van der Waals surface area (Å²) in [4.78, 5) is 23.3. The minimum Gasteiger partial charge on any atom is -0.487 e. The molecule has 7 heteroatoms. The van der Waals surface area contributed by atoms with Gasteiger partial charge in [0.15, 0.2) is 24.0 Å². The summed E-state index contributed by atoms with van der Waals surface area (Å²) in [5, 5.41) is 8.64. The van der Waals surface area contributed by atoms with Crippen LogP contribution in [0, 0.1) is 12.7 Å². The van der Waals surface area contributed by atoms with Crippen molar-refractivity contribution in [1.29, 1.82) is 0 Å². The molecule has 0 fully saturated rings. The van der Waals surface area contributed by atoms with Crippen molar-refractivity contribution >= 4 is 33.8 Å². The lowest BCUT2D eigenvalue weighted by Crippen LogP contribution is -2.19. The van der Waals surface area contributed by atoms with Crippen LogP contribution in [0.15, 0.2) is 40.4 Å². The van der Waals surface area contributed by atoms with Crippen molar-refractivity contribution in [3.8, 4) is 11.5 Å². The average molecular weight is 421 g/mol. The van der Waals surface area contributed by atoms with Crippen LogP contribution in [0.2, 0.25) is 0 Å². The van der Waals surface area contributed by atoms with Gasteiger partial charge in [-0.2, -0.15) is 0 Å². The summed E-state index contributed by atoms with van der Waals surface area (Å²) in [5.74, 6) is -1.74. The van der Waals surface area contributed by atoms with Gasteiger partial charge >= 0.3 is 5.97 Å². The van der Waals surface area contributed by atoms with Crippen LogP contribution in [-0.2, 0) is 4.79 Å². The van der Waals surface area contributed by atoms with E-state index < -0.39 is 18.4 Å². The first-order chi connectivity index (χ1) is 12.3. The van der Waals surface area contributed by atoms with Gasteiger partial charge in [-0.25, -0.2) is 9.18 Å². The van der Waals surface area contributed by atoms with Gasteiger partial charge < -0.3 is 14.6 Å². The first kappa shape index (κ1) is 18.1. The summed E-state index contributed by atoms with van der Waals surface area (Å²) in [5.41, 5.74) is 2.29. The van der Waals surface area contributed by atoms with Crippen molar-refractivity contribution in [3.63, 3.8) is 0 Å². The van der Waals surface area contributed by atoms with Crippen LogP contribution in [0.4, 0.5) is 4.39 Å². The first-order valence-electron chi connectivity index (χ1n) is 7.67. The molecule has 0 atom stereocenters. The molecule has 2 aromatic rings. The Morgan fingerprint density at radius 3 is 2.88 bits per heavy atom. The van der Waals surface area contributed by atoms with Crippen LogP contribution in [0.1, 0.15) is 21.5 Å². The Balaban J connectivity index is 1.92. The molecular weight excluding hydrogens is 407 g/mol. The van der Waals surface area contributed by atoms with Crippen molar-refractivity contribution in [2.75, 3.05) is 13.2 Å². The molecule has 1 N–H and O–H groups in total. The van der Waals surface area contributed by atoms with Crippen LogP contribution < -0.4 is 9.47 Å². The number of aryl methyl sites for hydroxylation is 1. The fraction of sp³-hybridized carbons (Fsp3) is 0.158. The molecule has 0 aromatic heterocycles. The number of rotatable bonds is 4. The highest BCUT2D eigenvalue weighted by Crippen LogP contribution is 2.36. The molecule has 3 rings (SSSR count). The molecule has 1 aliphatic heterocycles.